The molecule has 0 unspecified atom stereocenters. The molecule has 2 aromatic heterocycles. The van der Waals surface area contributed by atoms with Crippen molar-refractivity contribution in [3.8, 4) is 12.1 Å². The molecule has 0 atom stereocenters. The van der Waals surface area contributed by atoms with E-state index >= 15 is 0 Å². The van der Waals surface area contributed by atoms with Crippen LogP contribution in [0.25, 0.3) is 11.6 Å². The Morgan fingerprint density at radius 3 is 2.06 bits per heavy atom. The van der Waals surface area contributed by atoms with Gasteiger partial charge in [-0.3, -0.25) is 0 Å². The van der Waals surface area contributed by atoms with E-state index < -0.39 is 0 Å². The van der Waals surface area contributed by atoms with Gasteiger partial charge in [0.1, 0.15) is 16.8 Å². The van der Waals surface area contributed by atoms with Crippen molar-refractivity contribution in [3.05, 3.63) is 31.9 Å². The minimum Gasteiger partial charge on any atom is -0.363 e. The fraction of sp³-hybridized carbons (Fsp3) is 0.593. The zero-order chi connectivity index (χ0) is 24.3. The summed E-state index contributed by atoms with van der Waals surface area (Å²) >= 11 is 3.26. The maximum atomic E-state index is 9.29. The molecule has 0 saturated carbocycles. The lowest BCUT2D eigenvalue weighted by Gasteiger charge is -2.23. The van der Waals surface area contributed by atoms with Crippen molar-refractivity contribution >= 4 is 39.3 Å². The molecule has 4 nitrogen and oxygen atoms in total. The van der Waals surface area contributed by atoms with Crippen LogP contribution in [0.2, 0.25) is 0 Å². The molecule has 2 heterocycles. The van der Waals surface area contributed by atoms with E-state index in [-0.39, 0.29) is 11.0 Å². The average molecular weight is 483 g/mol. The summed E-state index contributed by atoms with van der Waals surface area (Å²) < 4.78 is 1.55. The predicted octanol–water partition coefficient (Wildman–Crippen LogP) is 6.50. The number of hydrogen-bond acceptors (Lipinski definition) is 6. The summed E-state index contributed by atoms with van der Waals surface area (Å²) in [5, 5.41) is 19.9. The van der Waals surface area contributed by atoms with Crippen LogP contribution in [0.15, 0.2) is 12.1 Å². The second-order valence-corrected chi connectivity index (χ2v) is 11.6. The Morgan fingerprint density at radius 2 is 1.55 bits per heavy atom. The molecule has 178 valence electrons. The molecule has 0 amide bonds. The summed E-state index contributed by atoms with van der Waals surface area (Å²) in [6.45, 7) is 13.1. The monoisotopic (exact) mass is 482 g/mol. The Kier molecular flexibility index (Phi) is 11.1. The van der Waals surface area contributed by atoms with E-state index in [0.717, 1.165) is 23.3 Å². The summed E-state index contributed by atoms with van der Waals surface area (Å²) in [5.41, 5.74) is 0.861. The van der Waals surface area contributed by atoms with Gasteiger partial charge < -0.3 is 4.90 Å². The maximum Gasteiger partial charge on any atom is 0.165 e. The molecular formula is C27H38N4S2. The minimum atomic E-state index is -0.165. The van der Waals surface area contributed by atoms with Gasteiger partial charge in [0.05, 0.1) is 15.2 Å². The normalized spacial score (nSPS) is 11.9. The number of thiophene rings is 1. The van der Waals surface area contributed by atoms with E-state index in [1.165, 1.54) is 72.6 Å². The average Bonchev–Trinajstić information content (AvgIpc) is 3.41. The Bertz CT molecular complexity index is 1050. The minimum absolute atomic E-state index is 0.0855. The van der Waals surface area contributed by atoms with Crippen LogP contribution in [0, 0.1) is 22.7 Å². The lowest BCUT2D eigenvalue weighted by molar-refractivity contribution is 0.568. The van der Waals surface area contributed by atoms with Crippen molar-refractivity contribution < 1.29 is 0 Å². The molecule has 0 bridgehead atoms. The van der Waals surface area contributed by atoms with Crippen LogP contribution in [0.4, 0.5) is 5.00 Å². The number of hydrogen-bond donors (Lipinski definition) is 0. The summed E-state index contributed by atoms with van der Waals surface area (Å²) in [5.74, 6) is 0. The molecule has 0 spiro atoms. The van der Waals surface area contributed by atoms with Gasteiger partial charge in [-0.05, 0) is 31.1 Å². The second kappa shape index (κ2) is 13.5. The van der Waals surface area contributed by atoms with Gasteiger partial charge in [0.25, 0.3) is 0 Å². The van der Waals surface area contributed by atoms with E-state index in [9.17, 15) is 10.5 Å². The third-order valence-corrected chi connectivity index (χ3v) is 7.67. The van der Waals surface area contributed by atoms with E-state index in [0.29, 0.717) is 4.66 Å². The van der Waals surface area contributed by atoms with Crippen LogP contribution in [-0.4, -0.2) is 18.1 Å². The van der Waals surface area contributed by atoms with Crippen LogP contribution < -0.4 is 14.1 Å². The SMILES string of the molecule is CCCCCCN(CCCCCC)c1ccc(C=c2sc(=C(C#N)C#N)nc2C(C)(C)C)s1. The summed E-state index contributed by atoms with van der Waals surface area (Å²) in [4.78, 5) is 8.43. The molecule has 6 heteroatoms. The fourth-order valence-corrected chi connectivity index (χ4v) is 5.95. The number of unbranched alkanes of at least 4 members (excludes halogenated alkanes) is 6. The highest BCUT2D eigenvalue weighted by atomic mass is 32.1. The van der Waals surface area contributed by atoms with Gasteiger partial charge >= 0.3 is 0 Å². The zero-order valence-electron chi connectivity index (χ0n) is 20.9. The highest BCUT2D eigenvalue weighted by molar-refractivity contribution is 7.17. The smallest absolute Gasteiger partial charge is 0.165 e. The predicted molar refractivity (Wildman–Crippen MR) is 143 cm³/mol. The first-order chi connectivity index (χ1) is 15.8. The largest absolute Gasteiger partial charge is 0.363 e. The number of thiazole rings is 1. The van der Waals surface area contributed by atoms with Gasteiger partial charge in [-0.15, -0.1) is 22.7 Å². The lowest BCUT2D eigenvalue weighted by atomic mass is 9.92. The first-order valence-corrected chi connectivity index (χ1v) is 13.9. The van der Waals surface area contributed by atoms with E-state index in [1.54, 1.807) is 0 Å². The lowest BCUT2D eigenvalue weighted by Crippen LogP contribution is -2.24. The van der Waals surface area contributed by atoms with Gasteiger partial charge in [-0.25, -0.2) is 4.98 Å². The van der Waals surface area contributed by atoms with Crippen molar-refractivity contribution in [3.63, 3.8) is 0 Å². The Balaban J connectivity index is 2.35. The van der Waals surface area contributed by atoms with Crippen LogP contribution >= 0.6 is 22.7 Å². The molecule has 0 radical (unpaired) electrons. The van der Waals surface area contributed by atoms with Crippen molar-refractivity contribution in [2.24, 2.45) is 0 Å². The second-order valence-electron chi connectivity index (χ2n) is 9.51. The van der Waals surface area contributed by atoms with E-state index in [1.807, 2.05) is 23.5 Å². The molecule has 0 fully saturated rings. The highest BCUT2D eigenvalue weighted by Gasteiger charge is 2.20. The van der Waals surface area contributed by atoms with Gasteiger partial charge in [0.2, 0.25) is 0 Å². The molecule has 0 N–H and O–H groups in total. The number of nitriles is 2. The molecule has 2 aromatic rings. The van der Waals surface area contributed by atoms with Crippen LogP contribution in [0.5, 0.6) is 0 Å². The maximum absolute atomic E-state index is 9.29. The zero-order valence-corrected chi connectivity index (χ0v) is 22.5. The molecule has 0 aliphatic heterocycles. The van der Waals surface area contributed by atoms with Gasteiger partial charge in [0.15, 0.2) is 5.57 Å². The van der Waals surface area contributed by atoms with E-state index in [2.05, 4.69) is 62.7 Å². The molecule has 0 aromatic carbocycles. The molecule has 2 rings (SSSR count). The van der Waals surface area contributed by atoms with Crippen molar-refractivity contribution in [1.29, 1.82) is 10.5 Å². The Labute approximate surface area is 207 Å². The van der Waals surface area contributed by atoms with Crippen molar-refractivity contribution in [2.45, 2.75) is 91.4 Å². The summed E-state index contributed by atoms with van der Waals surface area (Å²) in [6, 6.07) is 8.41. The molecule has 33 heavy (non-hydrogen) atoms. The Hall–Kier alpha value is -2.15. The van der Waals surface area contributed by atoms with Gasteiger partial charge in [-0.2, -0.15) is 10.5 Å². The van der Waals surface area contributed by atoms with Crippen LogP contribution in [0.3, 0.4) is 0 Å². The number of rotatable bonds is 12. The summed E-state index contributed by atoms with van der Waals surface area (Å²) in [7, 11) is 0. The first-order valence-electron chi connectivity index (χ1n) is 12.2. The quantitative estimate of drug-likeness (QED) is 0.324. The van der Waals surface area contributed by atoms with Crippen molar-refractivity contribution in [1.82, 2.24) is 4.98 Å². The van der Waals surface area contributed by atoms with Gasteiger partial charge in [-0.1, -0.05) is 73.1 Å². The molecule has 0 aliphatic rings. The molecule has 0 aliphatic carbocycles. The summed E-state index contributed by atoms with van der Waals surface area (Å²) in [6.07, 6.45) is 12.4. The van der Waals surface area contributed by atoms with Gasteiger partial charge in [0, 0.05) is 23.4 Å². The molecule has 0 saturated heterocycles. The standard InChI is InChI=1S/C27H38N4S2/c1-6-8-10-12-16-31(17-13-11-9-7-2)24-15-14-22(32-24)18-23-25(27(3,4)5)30-26(33-23)21(19-28)20-29/h14-15,18H,6-13,16-17H2,1-5H3. The first kappa shape index (κ1) is 27.1. The highest BCUT2D eigenvalue weighted by Crippen LogP contribution is 2.28. The van der Waals surface area contributed by atoms with Crippen LogP contribution in [-0.2, 0) is 5.41 Å². The number of nitrogens with zero attached hydrogens (tertiary/aromatic N) is 4. The fourth-order valence-electron chi connectivity index (χ4n) is 3.70. The Morgan fingerprint density at radius 1 is 0.939 bits per heavy atom. The number of anilines is 1. The van der Waals surface area contributed by atoms with E-state index in [4.69, 9.17) is 0 Å². The topological polar surface area (TPSA) is 63.7 Å². The third-order valence-electron chi connectivity index (χ3n) is 5.56. The number of aromatic nitrogens is 1. The third kappa shape index (κ3) is 8.29. The molecular weight excluding hydrogens is 444 g/mol. The van der Waals surface area contributed by atoms with Crippen LogP contribution in [0.1, 0.15) is 96.6 Å². The van der Waals surface area contributed by atoms with Crippen molar-refractivity contribution in [2.75, 3.05) is 18.0 Å².